The number of carbonyl (C=O) groups is 1. The van der Waals surface area contributed by atoms with E-state index in [1.54, 1.807) is 12.1 Å². The van der Waals surface area contributed by atoms with Crippen LogP contribution in [0.4, 0.5) is 4.39 Å². The Bertz CT molecular complexity index is 838. The molecule has 25 heavy (non-hydrogen) atoms. The summed E-state index contributed by atoms with van der Waals surface area (Å²) >= 11 is 0. The van der Waals surface area contributed by atoms with Gasteiger partial charge in [-0.15, -0.1) is 0 Å². The van der Waals surface area contributed by atoms with E-state index in [0.717, 1.165) is 22.4 Å². The number of rotatable bonds is 3. The van der Waals surface area contributed by atoms with Gasteiger partial charge in [-0.3, -0.25) is 9.79 Å². The second-order valence-electron chi connectivity index (χ2n) is 6.15. The number of esters is 1. The van der Waals surface area contributed by atoms with Gasteiger partial charge in [-0.1, -0.05) is 42.5 Å². The highest BCUT2D eigenvalue weighted by molar-refractivity contribution is 6.06. The van der Waals surface area contributed by atoms with Crippen molar-refractivity contribution in [3.05, 3.63) is 77.2 Å². The third-order valence-electron chi connectivity index (χ3n) is 4.60. The summed E-state index contributed by atoms with van der Waals surface area (Å²) in [6.45, 7) is 3.78. The molecule has 0 amide bonds. The third kappa shape index (κ3) is 3.25. The first-order chi connectivity index (χ1) is 12.0. The number of hydrogen-bond acceptors (Lipinski definition) is 3. The molecular formula is C21H20FNO2. The van der Waals surface area contributed by atoms with Crippen LogP contribution in [-0.2, 0) is 9.53 Å². The summed E-state index contributed by atoms with van der Waals surface area (Å²) in [5, 5.41) is 0. The molecule has 2 atom stereocenters. The second kappa shape index (κ2) is 7.01. The van der Waals surface area contributed by atoms with Crippen LogP contribution in [-0.4, -0.2) is 18.8 Å². The van der Waals surface area contributed by atoms with E-state index in [1.165, 1.54) is 19.2 Å². The molecule has 3 nitrogen and oxygen atoms in total. The predicted molar refractivity (Wildman–Crippen MR) is 96.8 cm³/mol. The molecule has 0 aromatic heterocycles. The van der Waals surface area contributed by atoms with Crippen molar-refractivity contribution in [2.45, 2.75) is 19.8 Å². The van der Waals surface area contributed by atoms with E-state index in [-0.39, 0.29) is 17.7 Å². The lowest BCUT2D eigenvalue weighted by atomic mass is 9.73. The maximum Gasteiger partial charge on any atom is 0.315 e. The molecule has 2 unspecified atom stereocenters. The van der Waals surface area contributed by atoms with Gasteiger partial charge in [0.15, 0.2) is 0 Å². The number of halogens is 1. The van der Waals surface area contributed by atoms with E-state index < -0.39 is 5.92 Å². The number of nitrogens with zero attached hydrogens (tertiary/aromatic N) is 1. The summed E-state index contributed by atoms with van der Waals surface area (Å²) in [6.07, 6.45) is 0. The van der Waals surface area contributed by atoms with Gasteiger partial charge in [0.05, 0.1) is 7.11 Å². The Labute approximate surface area is 146 Å². The van der Waals surface area contributed by atoms with E-state index in [2.05, 4.69) is 4.99 Å². The van der Waals surface area contributed by atoms with Crippen LogP contribution >= 0.6 is 0 Å². The zero-order valence-electron chi connectivity index (χ0n) is 14.5. The lowest BCUT2D eigenvalue weighted by Crippen LogP contribution is -2.33. The number of allylic oxidation sites excluding steroid dienone is 2. The monoisotopic (exact) mass is 337 g/mol. The van der Waals surface area contributed by atoms with Crippen molar-refractivity contribution in [3.63, 3.8) is 0 Å². The summed E-state index contributed by atoms with van der Waals surface area (Å²) in [4.78, 5) is 17.1. The maximum absolute atomic E-state index is 13.4. The van der Waals surface area contributed by atoms with Crippen molar-refractivity contribution in [3.8, 4) is 0 Å². The molecule has 2 aromatic carbocycles. The molecule has 0 N–H and O–H groups in total. The molecule has 0 spiro atoms. The van der Waals surface area contributed by atoms with Gasteiger partial charge >= 0.3 is 5.97 Å². The molecule has 3 rings (SSSR count). The first-order valence-corrected chi connectivity index (χ1v) is 8.17. The second-order valence-corrected chi connectivity index (χ2v) is 6.15. The fourth-order valence-corrected chi connectivity index (χ4v) is 3.50. The number of carbonyl (C=O) groups excluding carboxylic acids is 1. The zero-order chi connectivity index (χ0) is 18.0. The van der Waals surface area contributed by atoms with Crippen molar-refractivity contribution in [1.29, 1.82) is 0 Å². The fourth-order valence-electron chi connectivity index (χ4n) is 3.50. The van der Waals surface area contributed by atoms with E-state index in [0.29, 0.717) is 5.71 Å². The van der Waals surface area contributed by atoms with E-state index in [1.807, 2.05) is 44.2 Å². The van der Waals surface area contributed by atoms with Crippen molar-refractivity contribution >= 4 is 17.3 Å². The molecule has 1 aliphatic rings. The Kier molecular flexibility index (Phi) is 4.79. The topological polar surface area (TPSA) is 38.7 Å². The lowest BCUT2D eigenvalue weighted by Gasteiger charge is -2.32. The SMILES string of the molecule is COC(=O)C1C(C)=NC(C)=C(c2ccccc2)C1c1ccc(F)cc1. The minimum absolute atomic E-state index is 0.270. The molecule has 0 saturated carbocycles. The van der Waals surface area contributed by atoms with Gasteiger partial charge in [0, 0.05) is 17.3 Å². The van der Waals surface area contributed by atoms with Crippen LogP contribution in [0, 0.1) is 11.7 Å². The highest BCUT2D eigenvalue weighted by Gasteiger charge is 2.39. The average molecular weight is 337 g/mol. The normalized spacial score (nSPS) is 20.2. The van der Waals surface area contributed by atoms with Crippen molar-refractivity contribution < 1.29 is 13.9 Å². The first kappa shape index (κ1) is 17.1. The fraction of sp³-hybridized carbons (Fsp3) is 0.238. The van der Waals surface area contributed by atoms with E-state index in [9.17, 15) is 9.18 Å². The molecule has 128 valence electrons. The van der Waals surface area contributed by atoms with Gasteiger partial charge in [0.25, 0.3) is 0 Å². The van der Waals surface area contributed by atoms with Gasteiger partial charge < -0.3 is 4.74 Å². The Morgan fingerprint density at radius 2 is 1.68 bits per heavy atom. The van der Waals surface area contributed by atoms with Crippen LogP contribution in [0.2, 0.25) is 0 Å². The first-order valence-electron chi connectivity index (χ1n) is 8.17. The van der Waals surface area contributed by atoms with Crippen molar-refractivity contribution in [2.24, 2.45) is 10.9 Å². The van der Waals surface area contributed by atoms with E-state index in [4.69, 9.17) is 4.74 Å². The molecule has 0 aliphatic carbocycles. The highest BCUT2D eigenvalue weighted by Crippen LogP contribution is 2.44. The minimum atomic E-state index is -0.533. The molecule has 2 aromatic rings. The Morgan fingerprint density at radius 1 is 1.04 bits per heavy atom. The summed E-state index contributed by atoms with van der Waals surface area (Å²) in [5.41, 5.74) is 4.40. The number of benzene rings is 2. The summed E-state index contributed by atoms with van der Waals surface area (Å²) in [5.74, 6) is -1.44. The number of hydrogen-bond donors (Lipinski definition) is 0. The Morgan fingerprint density at radius 3 is 2.28 bits per heavy atom. The van der Waals surface area contributed by atoms with Gasteiger partial charge in [0.1, 0.15) is 11.7 Å². The number of ether oxygens (including phenoxy) is 1. The third-order valence-corrected chi connectivity index (χ3v) is 4.60. The molecule has 0 radical (unpaired) electrons. The zero-order valence-corrected chi connectivity index (χ0v) is 14.5. The molecule has 1 heterocycles. The Balaban J connectivity index is 2.22. The quantitative estimate of drug-likeness (QED) is 0.768. The Hall–Kier alpha value is -2.75. The summed E-state index contributed by atoms with van der Waals surface area (Å²) in [7, 11) is 1.38. The number of aliphatic imine (C=N–C) groups is 1. The van der Waals surface area contributed by atoms with E-state index >= 15 is 0 Å². The van der Waals surface area contributed by atoms with Crippen LogP contribution in [0.25, 0.3) is 5.57 Å². The number of methoxy groups -OCH3 is 1. The van der Waals surface area contributed by atoms with Crippen molar-refractivity contribution in [1.82, 2.24) is 0 Å². The van der Waals surface area contributed by atoms with Crippen LogP contribution < -0.4 is 0 Å². The van der Waals surface area contributed by atoms with Gasteiger partial charge in [-0.25, -0.2) is 4.39 Å². The maximum atomic E-state index is 13.4. The molecule has 0 fully saturated rings. The molecule has 4 heteroatoms. The molecule has 1 aliphatic heterocycles. The van der Waals surface area contributed by atoms with Gasteiger partial charge in [0.2, 0.25) is 0 Å². The minimum Gasteiger partial charge on any atom is -0.468 e. The lowest BCUT2D eigenvalue weighted by molar-refractivity contribution is -0.143. The van der Waals surface area contributed by atoms with Crippen LogP contribution in [0.15, 0.2) is 65.3 Å². The smallest absolute Gasteiger partial charge is 0.315 e. The molecule has 0 saturated heterocycles. The predicted octanol–water partition coefficient (Wildman–Crippen LogP) is 4.60. The van der Waals surface area contributed by atoms with Gasteiger partial charge in [-0.05, 0) is 42.7 Å². The van der Waals surface area contributed by atoms with Crippen LogP contribution in [0.1, 0.15) is 30.9 Å². The molecular weight excluding hydrogens is 317 g/mol. The largest absolute Gasteiger partial charge is 0.468 e. The summed E-state index contributed by atoms with van der Waals surface area (Å²) < 4.78 is 18.5. The average Bonchev–Trinajstić information content (AvgIpc) is 2.62. The van der Waals surface area contributed by atoms with Crippen LogP contribution in [0.3, 0.4) is 0 Å². The molecule has 0 bridgehead atoms. The highest BCUT2D eigenvalue weighted by atomic mass is 19.1. The van der Waals surface area contributed by atoms with Crippen molar-refractivity contribution in [2.75, 3.05) is 7.11 Å². The van der Waals surface area contributed by atoms with Gasteiger partial charge in [-0.2, -0.15) is 0 Å². The standard InChI is InChI=1S/C21H20FNO2/c1-13-18(15-7-5-4-6-8-15)20(16-9-11-17(22)12-10-16)19(14(2)23-13)21(24)25-3/h4-12,19-20H,1-3H3. The summed E-state index contributed by atoms with van der Waals surface area (Å²) in [6, 6.07) is 16.1. The van der Waals surface area contributed by atoms with Crippen LogP contribution in [0.5, 0.6) is 0 Å².